The molecule has 8 heteroatoms. The molecular weight excluding hydrogens is 312 g/mol. The first-order valence-electron chi connectivity index (χ1n) is 6.98. The molecule has 0 spiro atoms. The zero-order chi connectivity index (χ0) is 16.1. The fourth-order valence-electron chi connectivity index (χ4n) is 1.93. The maximum Gasteiger partial charge on any atom is 0.319 e. The Balaban J connectivity index is 1.51. The maximum atomic E-state index is 11.8. The highest BCUT2D eigenvalue weighted by molar-refractivity contribution is 7.99. The van der Waals surface area contributed by atoms with Crippen molar-refractivity contribution < 1.29 is 4.79 Å². The highest BCUT2D eigenvalue weighted by Gasteiger charge is 2.04. The number of H-pyrrole nitrogens is 1. The van der Waals surface area contributed by atoms with Crippen molar-refractivity contribution in [3.05, 3.63) is 54.6 Å². The molecule has 1 aromatic carbocycles. The summed E-state index contributed by atoms with van der Waals surface area (Å²) in [6.45, 7) is 0.428. The van der Waals surface area contributed by atoms with Gasteiger partial charge >= 0.3 is 6.03 Å². The third-order valence-electron chi connectivity index (χ3n) is 3.04. The van der Waals surface area contributed by atoms with Crippen molar-refractivity contribution in [2.24, 2.45) is 7.05 Å². The zero-order valence-corrected chi connectivity index (χ0v) is 13.3. The Hall–Kier alpha value is -2.74. The van der Waals surface area contributed by atoms with Gasteiger partial charge in [-0.3, -0.25) is 9.78 Å². The van der Waals surface area contributed by atoms with Crippen LogP contribution in [-0.4, -0.2) is 26.0 Å². The smallest absolute Gasteiger partial charge is 0.319 e. The van der Waals surface area contributed by atoms with Gasteiger partial charge in [-0.15, -0.1) is 0 Å². The standard InChI is InChI=1S/C15H16N6OS/c1-21-10-14(9-19-21)23-13-4-2-12(3-5-13)20-15(22)16-6-11-7-17-18-8-11/h2-5,7-10H,6H2,1H3,(H,17,18)(H2,16,20,22). The van der Waals surface area contributed by atoms with Crippen LogP contribution in [0.4, 0.5) is 10.5 Å². The van der Waals surface area contributed by atoms with E-state index in [1.807, 2.05) is 43.7 Å². The Kier molecular flexibility index (Phi) is 4.62. The van der Waals surface area contributed by atoms with E-state index >= 15 is 0 Å². The Morgan fingerprint density at radius 3 is 2.74 bits per heavy atom. The van der Waals surface area contributed by atoms with Gasteiger partial charge in [-0.2, -0.15) is 10.2 Å². The average Bonchev–Trinajstić information content (AvgIpc) is 3.19. The number of aryl methyl sites for hydroxylation is 1. The van der Waals surface area contributed by atoms with Gasteiger partial charge in [-0.1, -0.05) is 11.8 Å². The second kappa shape index (κ2) is 7.01. The number of carbonyl (C=O) groups excluding carboxylic acids is 1. The van der Waals surface area contributed by atoms with Crippen molar-refractivity contribution in [2.45, 2.75) is 16.3 Å². The van der Waals surface area contributed by atoms with Crippen molar-refractivity contribution in [3.63, 3.8) is 0 Å². The van der Waals surface area contributed by atoms with Crippen LogP contribution in [0, 0.1) is 0 Å². The molecule has 0 saturated heterocycles. The second-order valence-corrected chi connectivity index (χ2v) is 6.04. The number of hydrogen-bond donors (Lipinski definition) is 3. The summed E-state index contributed by atoms with van der Waals surface area (Å²) in [5.41, 5.74) is 1.66. The summed E-state index contributed by atoms with van der Waals surface area (Å²) in [5, 5.41) is 16.2. The molecular formula is C15H16N6OS. The lowest BCUT2D eigenvalue weighted by Gasteiger charge is -2.07. The largest absolute Gasteiger partial charge is 0.334 e. The molecule has 0 aliphatic rings. The number of anilines is 1. The van der Waals surface area contributed by atoms with Gasteiger partial charge in [0.1, 0.15) is 0 Å². The van der Waals surface area contributed by atoms with Crippen LogP contribution in [0.25, 0.3) is 0 Å². The van der Waals surface area contributed by atoms with Crippen molar-refractivity contribution in [3.8, 4) is 0 Å². The molecule has 0 unspecified atom stereocenters. The van der Waals surface area contributed by atoms with Gasteiger partial charge in [0.15, 0.2) is 0 Å². The number of aromatic amines is 1. The van der Waals surface area contributed by atoms with Crippen molar-refractivity contribution in [2.75, 3.05) is 5.32 Å². The highest BCUT2D eigenvalue weighted by Crippen LogP contribution is 2.27. The number of nitrogens with one attached hydrogen (secondary N) is 3. The highest BCUT2D eigenvalue weighted by atomic mass is 32.2. The van der Waals surface area contributed by atoms with Crippen LogP contribution in [0.1, 0.15) is 5.56 Å². The first-order chi connectivity index (χ1) is 11.2. The van der Waals surface area contributed by atoms with E-state index in [1.54, 1.807) is 28.8 Å². The maximum absolute atomic E-state index is 11.8. The van der Waals surface area contributed by atoms with E-state index in [0.29, 0.717) is 6.54 Å². The topological polar surface area (TPSA) is 87.6 Å². The number of amides is 2. The molecule has 3 aromatic rings. The van der Waals surface area contributed by atoms with Crippen LogP contribution in [0.2, 0.25) is 0 Å². The average molecular weight is 328 g/mol. The van der Waals surface area contributed by atoms with Crippen LogP contribution in [0.15, 0.2) is 58.8 Å². The monoisotopic (exact) mass is 328 g/mol. The molecule has 2 aromatic heterocycles. The molecule has 7 nitrogen and oxygen atoms in total. The molecule has 0 saturated carbocycles. The summed E-state index contributed by atoms with van der Waals surface area (Å²) in [7, 11) is 1.89. The van der Waals surface area contributed by atoms with Crippen LogP contribution in [0.5, 0.6) is 0 Å². The van der Waals surface area contributed by atoms with E-state index in [9.17, 15) is 4.79 Å². The molecule has 2 heterocycles. The summed E-state index contributed by atoms with van der Waals surface area (Å²) in [5.74, 6) is 0. The Morgan fingerprint density at radius 2 is 2.09 bits per heavy atom. The second-order valence-electron chi connectivity index (χ2n) is 4.89. The van der Waals surface area contributed by atoms with Gasteiger partial charge in [-0.25, -0.2) is 4.79 Å². The fraction of sp³-hybridized carbons (Fsp3) is 0.133. The van der Waals surface area contributed by atoms with Crippen LogP contribution in [0.3, 0.4) is 0 Å². The number of rotatable bonds is 5. The summed E-state index contributed by atoms with van der Waals surface area (Å²) in [6.07, 6.45) is 7.19. The third-order valence-corrected chi connectivity index (χ3v) is 3.99. The van der Waals surface area contributed by atoms with Gasteiger partial charge in [0, 0.05) is 42.1 Å². The Bertz CT molecular complexity index is 766. The van der Waals surface area contributed by atoms with E-state index in [2.05, 4.69) is 25.9 Å². The minimum Gasteiger partial charge on any atom is -0.334 e. The molecule has 0 aliphatic carbocycles. The third kappa shape index (κ3) is 4.36. The minimum atomic E-state index is -0.251. The fourth-order valence-corrected chi connectivity index (χ4v) is 2.78. The Morgan fingerprint density at radius 1 is 1.26 bits per heavy atom. The van der Waals surface area contributed by atoms with Gasteiger partial charge in [-0.05, 0) is 24.3 Å². The molecule has 118 valence electrons. The summed E-state index contributed by atoms with van der Waals surface area (Å²) < 4.78 is 1.77. The molecule has 0 fully saturated rings. The van der Waals surface area contributed by atoms with Crippen molar-refractivity contribution in [1.29, 1.82) is 0 Å². The van der Waals surface area contributed by atoms with Crippen LogP contribution >= 0.6 is 11.8 Å². The number of urea groups is 1. The lowest BCUT2D eigenvalue weighted by atomic mass is 10.3. The molecule has 23 heavy (non-hydrogen) atoms. The molecule has 0 aliphatic heterocycles. The first kappa shape index (κ1) is 15.2. The molecule has 3 N–H and O–H groups in total. The van der Waals surface area contributed by atoms with Gasteiger partial charge in [0.2, 0.25) is 0 Å². The lowest BCUT2D eigenvalue weighted by Crippen LogP contribution is -2.27. The van der Waals surface area contributed by atoms with Crippen LogP contribution < -0.4 is 10.6 Å². The summed E-state index contributed by atoms with van der Waals surface area (Å²) in [4.78, 5) is 14.0. The molecule has 0 atom stereocenters. The zero-order valence-electron chi connectivity index (χ0n) is 12.5. The molecule has 0 radical (unpaired) electrons. The van der Waals surface area contributed by atoms with Crippen LogP contribution in [-0.2, 0) is 13.6 Å². The van der Waals surface area contributed by atoms with Crippen molar-refractivity contribution >= 4 is 23.5 Å². The quantitative estimate of drug-likeness (QED) is 0.672. The predicted octanol–water partition coefficient (Wildman–Crippen LogP) is 2.62. The minimum absolute atomic E-state index is 0.251. The Labute approximate surface area is 137 Å². The molecule has 0 bridgehead atoms. The lowest BCUT2D eigenvalue weighted by molar-refractivity contribution is 0.251. The summed E-state index contributed by atoms with van der Waals surface area (Å²) in [6, 6.07) is 7.41. The van der Waals surface area contributed by atoms with E-state index in [-0.39, 0.29) is 6.03 Å². The number of carbonyl (C=O) groups is 1. The first-order valence-corrected chi connectivity index (χ1v) is 7.80. The van der Waals surface area contributed by atoms with E-state index in [1.165, 1.54) is 0 Å². The number of nitrogens with zero attached hydrogens (tertiary/aromatic N) is 3. The number of hydrogen-bond acceptors (Lipinski definition) is 4. The van der Waals surface area contributed by atoms with Gasteiger partial charge in [0.05, 0.1) is 17.3 Å². The molecule has 2 amide bonds. The summed E-state index contributed by atoms with van der Waals surface area (Å²) >= 11 is 1.62. The SMILES string of the molecule is Cn1cc(Sc2ccc(NC(=O)NCc3cn[nH]c3)cc2)cn1. The molecule has 3 rings (SSSR count). The van der Waals surface area contributed by atoms with E-state index in [4.69, 9.17) is 0 Å². The normalized spacial score (nSPS) is 10.5. The van der Waals surface area contributed by atoms with Gasteiger partial charge in [0.25, 0.3) is 0 Å². The van der Waals surface area contributed by atoms with Gasteiger partial charge < -0.3 is 10.6 Å². The number of benzene rings is 1. The predicted molar refractivity (Wildman–Crippen MR) is 88.2 cm³/mol. The van der Waals surface area contributed by atoms with E-state index in [0.717, 1.165) is 21.0 Å². The number of aromatic nitrogens is 4. The van der Waals surface area contributed by atoms with Crippen molar-refractivity contribution in [1.82, 2.24) is 25.3 Å². The van der Waals surface area contributed by atoms with E-state index < -0.39 is 0 Å².